The number of hydrogen-bond acceptors (Lipinski definition) is 9. The summed E-state index contributed by atoms with van der Waals surface area (Å²) in [6.07, 6.45) is 5.19. The third-order valence-electron chi connectivity index (χ3n) is 4.87. The molecule has 3 N–H and O–H groups in total. The van der Waals surface area contributed by atoms with Crippen molar-refractivity contribution in [3.63, 3.8) is 0 Å². The number of nitrogens with two attached hydrogens (primary N) is 1. The van der Waals surface area contributed by atoms with Crippen LogP contribution in [0.25, 0.3) is 11.0 Å². The van der Waals surface area contributed by atoms with Crippen molar-refractivity contribution < 1.29 is 14.3 Å². The molecule has 154 valence electrons. The van der Waals surface area contributed by atoms with E-state index in [-0.39, 0.29) is 18.1 Å². The molecular formula is C17H22N8O4. The van der Waals surface area contributed by atoms with Crippen molar-refractivity contribution in [1.82, 2.24) is 24.8 Å². The van der Waals surface area contributed by atoms with Crippen molar-refractivity contribution in [1.29, 1.82) is 5.41 Å². The summed E-state index contributed by atoms with van der Waals surface area (Å²) < 4.78 is 12.8. The van der Waals surface area contributed by atoms with Crippen LogP contribution in [-0.2, 0) is 14.3 Å². The summed E-state index contributed by atoms with van der Waals surface area (Å²) in [5, 5.41) is 20.4. The zero-order valence-corrected chi connectivity index (χ0v) is 15.9. The molecule has 0 aliphatic carbocycles. The molecule has 2 atom stereocenters. The molecule has 29 heavy (non-hydrogen) atoms. The van der Waals surface area contributed by atoms with Gasteiger partial charge in [-0.15, -0.1) is 10.2 Å². The van der Waals surface area contributed by atoms with Crippen LogP contribution in [0.2, 0.25) is 0 Å². The molecule has 0 saturated carbocycles. The second-order valence-corrected chi connectivity index (χ2v) is 6.96. The molecule has 2 aliphatic heterocycles. The highest BCUT2D eigenvalue weighted by Gasteiger charge is 2.32. The van der Waals surface area contributed by atoms with Gasteiger partial charge in [0.15, 0.2) is 23.1 Å². The van der Waals surface area contributed by atoms with Crippen LogP contribution in [-0.4, -0.2) is 62.5 Å². The van der Waals surface area contributed by atoms with Crippen molar-refractivity contribution in [2.24, 2.45) is 5.73 Å². The summed E-state index contributed by atoms with van der Waals surface area (Å²) in [6.45, 7) is 2.93. The van der Waals surface area contributed by atoms with Gasteiger partial charge in [-0.2, -0.15) is 9.36 Å². The van der Waals surface area contributed by atoms with E-state index in [1.165, 1.54) is 6.92 Å². The zero-order valence-electron chi connectivity index (χ0n) is 15.9. The van der Waals surface area contributed by atoms with E-state index in [1.54, 1.807) is 12.8 Å². The van der Waals surface area contributed by atoms with E-state index in [4.69, 9.17) is 20.6 Å². The first-order valence-corrected chi connectivity index (χ1v) is 9.40. The van der Waals surface area contributed by atoms with E-state index >= 15 is 0 Å². The molecule has 2 aromatic rings. The minimum atomic E-state index is -0.811. The molecular weight excluding hydrogens is 380 g/mol. The van der Waals surface area contributed by atoms with Crippen LogP contribution < -0.4 is 16.2 Å². The van der Waals surface area contributed by atoms with Crippen molar-refractivity contribution in [3.05, 3.63) is 23.2 Å². The highest BCUT2D eigenvalue weighted by Crippen LogP contribution is 2.27. The van der Waals surface area contributed by atoms with Gasteiger partial charge in [0, 0.05) is 32.9 Å². The molecule has 12 nitrogen and oxygen atoms in total. The molecule has 4 rings (SSSR count). The van der Waals surface area contributed by atoms with Gasteiger partial charge >= 0.3 is 5.97 Å². The van der Waals surface area contributed by atoms with E-state index in [0.29, 0.717) is 11.3 Å². The van der Waals surface area contributed by atoms with Crippen LogP contribution in [0.4, 0.5) is 5.82 Å². The van der Waals surface area contributed by atoms with Gasteiger partial charge in [0.05, 0.1) is 6.10 Å². The average Bonchev–Trinajstić information content (AvgIpc) is 3.32. The minimum absolute atomic E-state index is 0.0389. The number of aromatic nitrogens is 5. The van der Waals surface area contributed by atoms with E-state index < -0.39 is 23.9 Å². The topological polar surface area (TPSA) is 154 Å². The van der Waals surface area contributed by atoms with E-state index in [9.17, 15) is 9.59 Å². The number of anilines is 1. The maximum Gasteiger partial charge on any atom is 0.302 e. The second kappa shape index (κ2) is 7.78. The number of piperidine rings is 1. The Labute approximate surface area is 166 Å². The van der Waals surface area contributed by atoms with Gasteiger partial charge in [-0.1, -0.05) is 5.21 Å². The normalized spacial score (nSPS) is 22.2. The third kappa shape index (κ3) is 3.67. The molecule has 12 heteroatoms. The maximum atomic E-state index is 13.1. The van der Waals surface area contributed by atoms with Gasteiger partial charge in [-0.3, -0.25) is 15.0 Å². The first-order chi connectivity index (χ1) is 14.0. The SMILES string of the molecule is CC(=O)OCC1[CH][CH]C(n2nnc3c(N4CCCCC4)nn(C(=N)N)c3c2=O)O1. The van der Waals surface area contributed by atoms with Gasteiger partial charge < -0.3 is 20.1 Å². The van der Waals surface area contributed by atoms with Crippen LogP contribution in [0.5, 0.6) is 0 Å². The first-order valence-electron chi connectivity index (χ1n) is 9.40. The molecule has 2 fully saturated rings. The molecule has 2 unspecified atom stereocenters. The maximum absolute atomic E-state index is 13.1. The summed E-state index contributed by atoms with van der Waals surface area (Å²) >= 11 is 0. The number of hydrogen-bond donors (Lipinski definition) is 2. The number of rotatable bonds is 4. The van der Waals surface area contributed by atoms with Gasteiger partial charge in [0.2, 0.25) is 5.96 Å². The number of nitrogens with zero attached hydrogens (tertiary/aromatic N) is 6. The minimum Gasteiger partial charge on any atom is -0.463 e. The van der Waals surface area contributed by atoms with Gasteiger partial charge in [0.1, 0.15) is 6.61 Å². The predicted molar refractivity (Wildman–Crippen MR) is 102 cm³/mol. The third-order valence-corrected chi connectivity index (χ3v) is 4.87. The van der Waals surface area contributed by atoms with Crippen molar-refractivity contribution in [2.45, 2.75) is 38.5 Å². The predicted octanol–water partition coefficient (Wildman–Crippen LogP) is -0.411. The Morgan fingerprint density at radius 2 is 2.10 bits per heavy atom. The number of ether oxygens (including phenoxy) is 2. The highest BCUT2D eigenvalue weighted by atomic mass is 16.6. The zero-order chi connectivity index (χ0) is 20.5. The van der Waals surface area contributed by atoms with Crippen LogP contribution >= 0.6 is 0 Å². The molecule has 0 spiro atoms. The highest BCUT2D eigenvalue weighted by molar-refractivity contribution is 5.94. The number of carbonyl (C=O) groups excluding carboxylic acids is 1. The quantitative estimate of drug-likeness (QED) is 0.394. The fourth-order valence-electron chi connectivity index (χ4n) is 3.51. The Hall–Kier alpha value is -3.02. The van der Waals surface area contributed by atoms with Crippen LogP contribution in [0, 0.1) is 18.3 Å². The van der Waals surface area contributed by atoms with Gasteiger partial charge in [-0.05, 0) is 19.3 Å². The average molecular weight is 402 g/mol. The standard InChI is InChI=1S/C17H22N8O4/c1-10(26)28-9-11-5-6-12(29-11)24-16(27)14-13(20-22-24)15(21-25(14)17(18)19)23-7-3-2-4-8-23/h5-6,11-12H,2-4,7-9H2,1H3,(H3,18,19). The number of nitrogen functional groups attached to an aromatic ring is 1. The molecule has 4 heterocycles. The summed E-state index contributed by atoms with van der Waals surface area (Å²) in [5.74, 6) is -0.299. The van der Waals surface area contributed by atoms with Gasteiger partial charge in [-0.25, -0.2) is 0 Å². The largest absolute Gasteiger partial charge is 0.463 e. The molecule has 2 aromatic heterocycles. The number of fused-ring (bicyclic) bond motifs is 1. The van der Waals surface area contributed by atoms with E-state index in [2.05, 4.69) is 15.4 Å². The smallest absolute Gasteiger partial charge is 0.302 e. The molecule has 0 bridgehead atoms. The lowest BCUT2D eigenvalue weighted by Gasteiger charge is -2.26. The Kier molecular flexibility index (Phi) is 5.18. The van der Waals surface area contributed by atoms with Crippen LogP contribution in [0.1, 0.15) is 32.4 Å². The Bertz CT molecular complexity index is 993. The molecule has 0 amide bonds. The van der Waals surface area contributed by atoms with E-state index in [0.717, 1.165) is 41.7 Å². The molecule has 0 aromatic carbocycles. The van der Waals surface area contributed by atoms with E-state index in [1.807, 2.05) is 4.90 Å². The number of esters is 1. The van der Waals surface area contributed by atoms with Crippen LogP contribution in [0.15, 0.2) is 4.79 Å². The Morgan fingerprint density at radius 3 is 2.79 bits per heavy atom. The Balaban J connectivity index is 1.68. The van der Waals surface area contributed by atoms with Crippen molar-refractivity contribution >= 4 is 28.8 Å². The lowest BCUT2D eigenvalue weighted by atomic mass is 10.1. The fourth-order valence-corrected chi connectivity index (χ4v) is 3.51. The lowest BCUT2D eigenvalue weighted by molar-refractivity contribution is -0.145. The molecule has 2 aliphatic rings. The molecule has 2 saturated heterocycles. The Morgan fingerprint density at radius 1 is 1.34 bits per heavy atom. The lowest BCUT2D eigenvalue weighted by Crippen LogP contribution is -2.32. The summed E-state index contributed by atoms with van der Waals surface area (Å²) in [7, 11) is 0. The van der Waals surface area contributed by atoms with Crippen molar-refractivity contribution in [3.8, 4) is 0 Å². The number of carbonyl (C=O) groups is 1. The molecule has 2 radical (unpaired) electrons. The van der Waals surface area contributed by atoms with Gasteiger partial charge in [0.25, 0.3) is 5.56 Å². The first kappa shape index (κ1) is 19.3. The summed E-state index contributed by atoms with van der Waals surface area (Å²) in [6, 6.07) is 0. The monoisotopic (exact) mass is 402 g/mol. The fraction of sp³-hybridized carbons (Fsp3) is 0.529. The van der Waals surface area contributed by atoms with Crippen molar-refractivity contribution in [2.75, 3.05) is 24.6 Å². The summed E-state index contributed by atoms with van der Waals surface area (Å²) in [4.78, 5) is 26.1. The second-order valence-electron chi connectivity index (χ2n) is 6.96. The summed E-state index contributed by atoms with van der Waals surface area (Å²) in [5.41, 5.74) is 5.52. The number of nitrogens with one attached hydrogen (secondary N) is 1. The van der Waals surface area contributed by atoms with Crippen LogP contribution in [0.3, 0.4) is 0 Å².